The Kier molecular flexibility index (Phi) is 3.69. The van der Waals surface area contributed by atoms with Gasteiger partial charge in [-0.25, -0.2) is 14.2 Å². The lowest BCUT2D eigenvalue weighted by molar-refractivity contribution is 0.187. The fourth-order valence-electron chi connectivity index (χ4n) is 2.93. The summed E-state index contributed by atoms with van der Waals surface area (Å²) < 4.78 is 19.9. The Morgan fingerprint density at radius 1 is 1.23 bits per heavy atom. The van der Waals surface area contributed by atoms with Gasteiger partial charge in [-0.3, -0.25) is 9.72 Å². The maximum atomic E-state index is 13.6. The number of nitrogens with one attached hydrogen (secondary N) is 1. The van der Waals surface area contributed by atoms with Crippen LogP contribution < -0.4 is 11.1 Å². The Labute approximate surface area is 148 Å². The number of nitrogens with zero attached hydrogens (tertiary/aromatic N) is 2. The first kappa shape index (κ1) is 15.9. The number of nitrogens with two attached hydrogens (primary N) is 1. The van der Waals surface area contributed by atoms with E-state index in [4.69, 9.17) is 5.73 Å². The number of methoxy groups -OCH3 is 1. The molecule has 0 bridgehead atoms. The zero-order chi connectivity index (χ0) is 18.3. The van der Waals surface area contributed by atoms with Crippen molar-refractivity contribution in [1.82, 2.24) is 9.38 Å². The molecule has 26 heavy (non-hydrogen) atoms. The highest BCUT2D eigenvalue weighted by Gasteiger charge is 2.14. The van der Waals surface area contributed by atoms with Crippen molar-refractivity contribution in [3.63, 3.8) is 0 Å². The van der Waals surface area contributed by atoms with Gasteiger partial charge in [0.1, 0.15) is 23.0 Å². The summed E-state index contributed by atoms with van der Waals surface area (Å²) in [5.74, 6) is 0.0622. The monoisotopic (exact) mass is 350 g/mol. The number of benzene rings is 2. The smallest absolute Gasteiger partial charge is 0.411 e. The van der Waals surface area contributed by atoms with Crippen LogP contribution in [-0.4, -0.2) is 22.6 Å². The summed E-state index contributed by atoms with van der Waals surface area (Å²) in [6.45, 7) is 0. The Bertz CT molecular complexity index is 1150. The Hall–Kier alpha value is -3.61. The minimum Gasteiger partial charge on any atom is -0.453 e. The summed E-state index contributed by atoms with van der Waals surface area (Å²) in [7, 11) is 1.30. The van der Waals surface area contributed by atoms with Crippen LogP contribution in [-0.2, 0) is 4.74 Å². The predicted molar refractivity (Wildman–Crippen MR) is 98.5 cm³/mol. The first-order valence-corrected chi connectivity index (χ1v) is 7.88. The van der Waals surface area contributed by atoms with E-state index in [-0.39, 0.29) is 5.82 Å². The van der Waals surface area contributed by atoms with Crippen molar-refractivity contribution in [2.24, 2.45) is 0 Å². The average molecular weight is 350 g/mol. The Balaban J connectivity index is 1.93. The molecule has 0 unspecified atom stereocenters. The summed E-state index contributed by atoms with van der Waals surface area (Å²) in [5.41, 5.74) is 8.54. The van der Waals surface area contributed by atoms with Crippen LogP contribution in [0.15, 0.2) is 54.7 Å². The number of rotatable bonds is 2. The molecule has 0 fully saturated rings. The third-order valence-corrected chi connectivity index (χ3v) is 4.18. The fourth-order valence-corrected chi connectivity index (χ4v) is 2.93. The summed E-state index contributed by atoms with van der Waals surface area (Å²) in [4.78, 5) is 16.1. The van der Waals surface area contributed by atoms with Gasteiger partial charge in [-0.15, -0.1) is 0 Å². The molecule has 130 valence electrons. The molecule has 3 N–H and O–H groups in total. The van der Waals surface area contributed by atoms with Crippen LogP contribution in [0.2, 0.25) is 0 Å². The van der Waals surface area contributed by atoms with Crippen LogP contribution in [0.3, 0.4) is 0 Å². The van der Waals surface area contributed by atoms with Crippen molar-refractivity contribution in [2.45, 2.75) is 0 Å². The van der Waals surface area contributed by atoms with E-state index in [0.29, 0.717) is 28.4 Å². The van der Waals surface area contributed by atoms with Gasteiger partial charge < -0.3 is 10.5 Å². The van der Waals surface area contributed by atoms with E-state index in [1.165, 1.54) is 19.2 Å². The van der Waals surface area contributed by atoms with Gasteiger partial charge in [0.05, 0.1) is 7.11 Å². The number of carbonyl (C=O) groups excluding carboxylic acids is 1. The van der Waals surface area contributed by atoms with E-state index >= 15 is 0 Å². The number of carbonyl (C=O) groups is 1. The zero-order valence-electron chi connectivity index (χ0n) is 13.9. The highest BCUT2D eigenvalue weighted by atomic mass is 19.1. The molecule has 0 radical (unpaired) electrons. The van der Waals surface area contributed by atoms with Crippen LogP contribution in [0, 0.1) is 5.82 Å². The fraction of sp³-hybridized carbons (Fsp3) is 0.0526. The van der Waals surface area contributed by atoms with E-state index in [9.17, 15) is 9.18 Å². The molecule has 0 aliphatic carbocycles. The molecule has 4 aromatic rings. The molecule has 0 saturated carbocycles. The summed E-state index contributed by atoms with van der Waals surface area (Å²) in [6.07, 6.45) is 1.26. The van der Waals surface area contributed by atoms with E-state index in [1.807, 2.05) is 18.3 Å². The third-order valence-electron chi connectivity index (χ3n) is 4.18. The number of nitrogen functional groups attached to an aromatic ring is 1. The molecule has 7 heteroatoms. The van der Waals surface area contributed by atoms with Gasteiger partial charge in [0.2, 0.25) is 0 Å². The number of hydrogen-bond acceptors (Lipinski definition) is 4. The van der Waals surface area contributed by atoms with E-state index in [1.54, 1.807) is 28.7 Å². The Morgan fingerprint density at radius 3 is 2.85 bits per heavy atom. The zero-order valence-corrected chi connectivity index (χ0v) is 13.9. The van der Waals surface area contributed by atoms with Gasteiger partial charge in [0.25, 0.3) is 0 Å². The first-order valence-electron chi connectivity index (χ1n) is 7.88. The highest BCUT2D eigenvalue weighted by Crippen LogP contribution is 2.31. The van der Waals surface area contributed by atoms with Crippen LogP contribution in [0.25, 0.3) is 27.7 Å². The van der Waals surface area contributed by atoms with E-state index < -0.39 is 6.09 Å². The van der Waals surface area contributed by atoms with Crippen LogP contribution in [0.1, 0.15) is 0 Å². The number of ether oxygens (including phenoxy) is 1. The van der Waals surface area contributed by atoms with Gasteiger partial charge in [0, 0.05) is 22.8 Å². The maximum absolute atomic E-state index is 13.6. The van der Waals surface area contributed by atoms with E-state index in [0.717, 1.165) is 10.8 Å². The number of fused-ring (bicyclic) bond motifs is 3. The molecule has 4 rings (SSSR count). The third kappa shape index (κ3) is 2.59. The number of pyridine rings is 1. The molecule has 0 aliphatic heterocycles. The lowest BCUT2D eigenvalue weighted by Crippen LogP contribution is -2.10. The summed E-state index contributed by atoms with van der Waals surface area (Å²) in [6, 6.07) is 13.5. The quantitative estimate of drug-likeness (QED) is 0.571. The number of hydrogen-bond donors (Lipinski definition) is 2. The summed E-state index contributed by atoms with van der Waals surface area (Å²) in [5, 5.41) is 4.37. The second-order valence-corrected chi connectivity index (χ2v) is 5.78. The van der Waals surface area contributed by atoms with Gasteiger partial charge in [-0.2, -0.15) is 0 Å². The Morgan fingerprint density at radius 2 is 2.08 bits per heavy atom. The largest absolute Gasteiger partial charge is 0.453 e. The molecule has 0 aliphatic rings. The molecule has 0 atom stereocenters. The number of halogens is 1. The maximum Gasteiger partial charge on any atom is 0.411 e. The molecule has 2 aromatic carbocycles. The minimum atomic E-state index is -0.556. The SMILES string of the molecule is COC(=O)Nc1ccc2ccn3c(N)c(-c4cccc(F)c4)nc3c2c1. The van der Waals surface area contributed by atoms with Crippen molar-refractivity contribution < 1.29 is 13.9 Å². The predicted octanol–water partition coefficient (Wildman–Crippen LogP) is 4.05. The normalized spacial score (nSPS) is 11.0. The minimum absolute atomic E-state index is 0.353. The van der Waals surface area contributed by atoms with Gasteiger partial charge >= 0.3 is 6.09 Å². The molecule has 0 saturated heterocycles. The van der Waals surface area contributed by atoms with Crippen molar-refractivity contribution in [3.05, 3.63) is 60.5 Å². The number of aromatic nitrogens is 2. The van der Waals surface area contributed by atoms with Crippen molar-refractivity contribution >= 4 is 34.0 Å². The van der Waals surface area contributed by atoms with Crippen molar-refractivity contribution in [1.29, 1.82) is 0 Å². The van der Waals surface area contributed by atoms with Gasteiger partial charge in [-0.05, 0) is 35.7 Å². The number of amides is 1. The second kappa shape index (κ2) is 6.03. The second-order valence-electron chi connectivity index (χ2n) is 5.78. The molecule has 6 nitrogen and oxygen atoms in total. The topological polar surface area (TPSA) is 81.6 Å². The molecule has 0 spiro atoms. The molecular weight excluding hydrogens is 335 g/mol. The van der Waals surface area contributed by atoms with Crippen molar-refractivity contribution in [3.8, 4) is 11.3 Å². The summed E-state index contributed by atoms with van der Waals surface area (Å²) >= 11 is 0. The number of anilines is 2. The molecule has 2 aromatic heterocycles. The lowest BCUT2D eigenvalue weighted by Gasteiger charge is -2.06. The molecule has 1 amide bonds. The first-order chi connectivity index (χ1) is 12.6. The van der Waals surface area contributed by atoms with Crippen LogP contribution in [0.5, 0.6) is 0 Å². The molecule has 2 heterocycles. The molecular formula is C19H15FN4O2. The van der Waals surface area contributed by atoms with Gasteiger partial charge in [-0.1, -0.05) is 18.2 Å². The number of imidazole rings is 1. The average Bonchev–Trinajstić information content (AvgIpc) is 2.99. The lowest BCUT2D eigenvalue weighted by atomic mass is 10.1. The van der Waals surface area contributed by atoms with Crippen molar-refractivity contribution in [2.75, 3.05) is 18.2 Å². The van der Waals surface area contributed by atoms with E-state index in [2.05, 4.69) is 15.0 Å². The van der Waals surface area contributed by atoms with Crippen LogP contribution in [0.4, 0.5) is 20.7 Å². The van der Waals surface area contributed by atoms with Crippen LogP contribution >= 0.6 is 0 Å². The van der Waals surface area contributed by atoms with Gasteiger partial charge in [0.15, 0.2) is 0 Å². The highest BCUT2D eigenvalue weighted by molar-refractivity contribution is 5.99. The standard InChI is InChI=1S/C19H15FN4O2/c1-26-19(25)22-14-6-5-11-7-8-24-17(21)16(23-18(24)15(11)10-14)12-3-2-4-13(20)9-12/h2-10H,21H2,1H3,(H,22,25).